The van der Waals surface area contributed by atoms with Crippen LogP contribution in [-0.4, -0.2) is 60.0 Å². The summed E-state index contributed by atoms with van der Waals surface area (Å²) in [6.07, 6.45) is 1.21. The monoisotopic (exact) mass is 286 g/mol. The van der Waals surface area contributed by atoms with Gasteiger partial charge in [-0.1, -0.05) is 0 Å². The number of sulfone groups is 1. The Labute approximate surface area is 115 Å². The van der Waals surface area contributed by atoms with E-state index in [0.29, 0.717) is 4.90 Å². The fraction of sp³-hybridized carbons (Fsp3) is 0.538. The molecular weight excluding hydrogens is 264 g/mol. The van der Waals surface area contributed by atoms with E-state index in [1.54, 1.807) is 31.4 Å². The molecule has 0 amide bonds. The quantitative estimate of drug-likeness (QED) is 0.775. The van der Waals surface area contributed by atoms with Crippen molar-refractivity contribution in [2.75, 3.05) is 52.0 Å². The molecule has 0 aliphatic carbocycles. The first-order valence-corrected chi connectivity index (χ1v) is 8.04. The van der Waals surface area contributed by atoms with Gasteiger partial charge in [-0.05, 0) is 31.3 Å². The average molecular weight is 286 g/mol. The summed E-state index contributed by atoms with van der Waals surface area (Å²) < 4.78 is 27.6. The summed E-state index contributed by atoms with van der Waals surface area (Å²) in [6, 6.07) is 6.80. The Balaban J connectivity index is 2.38. The molecule has 0 saturated heterocycles. The van der Waals surface area contributed by atoms with E-state index in [4.69, 9.17) is 4.74 Å². The standard InChI is InChI=1S/C13H22N2O3S/c1-15(10-11-18-2)9-8-14-12-4-6-13(7-5-12)19(3,16)17/h4-7,14H,8-11H2,1-3H3. The lowest BCUT2D eigenvalue weighted by Crippen LogP contribution is -2.28. The van der Waals surface area contributed by atoms with Gasteiger partial charge in [0, 0.05) is 38.7 Å². The molecule has 0 aromatic heterocycles. The van der Waals surface area contributed by atoms with E-state index in [9.17, 15) is 8.42 Å². The molecule has 108 valence electrons. The summed E-state index contributed by atoms with van der Waals surface area (Å²) in [5.74, 6) is 0. The van der Waals surface area contributed by atoms with Crippen LogP contribution in [0.15, 0.2) is 29.2 Å². The van der Waals surface area contributed by atoms with Crippen LogP contribution in [0.3, 0.4) is 0 Å². The Morgan fingerprint density at radius 1 is 1.21 bits per heavy atom. The molecular formula is C13H22N2O3S. The van der Waals surface area contributed by atoms with Crippen LogP contribution in [0.2, 0.25) is 0 Å². The lowest BCUT2D eigenvalue weighted by molar-refractivity contribution is 0.163. The highest BCUT2D eigenvalue weighted by molar-refractivity contribution is 7.90. The Morgan fingerprint density at radius 2 is 1.84 bits per heavy atom. The van der Waals surface area contributed by atoms with E-state index < -0.39 is 9.84 Å². The molecule has 0 bridgehead atoms. The fourth-order valence-electron chi connectivity index (χ4n) is 1.57. The largest absolute Gasteiger partial charge is 0.384 e. The number of anilines is 1. The molecule has 19 heavy (non-hydrogen) atoms. The second kappa shape index (κ2) is 7.47. The molecule has 0 aliphatic heterocycles. The van der Waals surface area contributed by atoms with Crippen molar-refractivity contribution < 1.29 is 13.2 Å². The van der Waals surface area contributed by atoms with E-state index >= 15 is 0 Å². The van der Waals surface area contributed by atoms with Crippen molar-refractivity contribution in [3.8, 4) is 0 Å². The second-order valence-electron chi connectivity index (χ2n) is 4.52. The van der Waals surface area contributed by atoms with Crippen LogP contribution in [0.4, 0.5) is 5.69 Å². The van der Waals surface area contributed by atoms with E-state index in [2.05, 4.69) is 10.2 Å². The van der Waals surface area contributed by atoms with Crippen molar-refractivity contribution in [2.24, 2.45) is 0 Å². The van der Waals surface area contributed by atoms with E-state index in [0.717, 1.165) is 31.9 Å². The number of hydrogen-bond donors (Lipinski definition) is 1. The van der Waals surface area contributed by atoms with Gasteiger partial charge < -0.3 is 15.0 Å². The number of hydrogen-bond acceptors (Lipinski definition) is 5. The first-order chi connectivity index (χ1) is 8.93. The third-order valence-electron chi connectivity index (χ3n) is 2.78. The lowest BCUT2D eigenvalue weighted by Gasteiger charge is -2.16. The molecule has 0 aliphatic rings. The average Bonchev–Trinajstić information content (AvgIpc) is 2.36. The highest BCUT2D eigenvalue weighted by atomic mass is 32.2. The van der Waals surface area contributed by atoms with Gasteiger partial charge in [-0.3, -0.25) is 0 Å². The number of ether oxygens (including phenoxy) is 1. The number of nitrogens with zero attached hydrogens (tertiary/aromatic N) is 1. The van der Waals surface area contributed by atoms with Gasteiger partial charge in [0.05, 0.1) is 11.5 Å². The third kappa shape index (κ3) is 6.04. The zero-order valence-corrected chi connectivity index (χ0v) is 12.5. The topological polar surface area (TPSA) is 58.6 Å². The molecule has 0 saturated carbocycles. The molecule has 0 radical (unpaired) electrons. The molecule has 6 heteroatoms. The van der Waals surface area contributed by atoms with Crippen LogP contribution in [-0.2, 0) is 14.6 Å². The minimum absolute atomic E-state index is 0.343. The summed E-state index contributed by atoms with van der Waals surface area (Å²) in [6.45, 7) is 3.32. The Hall–Kier alpha value is -1.11. The number of rotatable bonds is 8. The van der Waals surface area contributed by atoms with Crippen LogP contribution in [0.1, 0.15) is 0 Å². The van der Waals surface area contributed by atoms with Crippen molar-refractivity contribution in [3.05, 3.63) is 24.3 Å². The molecule has 0 heterocycles. The van der Waals surface area contributed by atoms with Gasteiger partial charge in [-0.15, -0.1) is 0 Å². The zero-order valence-electron chi connectivity index (χ0n) is 11.7. The fourth-order valence-corrected chi connectivity index (χ4v) is 2.20. The van der Waals surface area contributed by atoms with Gasteiger partial charge >= 0.3 is 0 Å². The zero-order chi connectivity index (χ0) is 14.3. The first-order valence-electron chi connectivity index (χ1n) is 6.15. The highest BCUT2D eigenvalue weighted by Gasteiger charge is 2.05. The number of likely N-dealkylation sites (N-methyl/N-ethyl adjacent to an activating group) is 1. The smallest absolute Gasteiger partial charge is 0.175 e. The predicted molar refractivity (Wildman–Crippen MR) is 77.4 cm³/mol. The van der Waals surface area contributed by atoms with Crippen LogP contribution in [0.25, 0.3) is 0 Å². The minimum Gasteiger partial charge on any atom is -0.384 e. The van der Waals surface area contributed by atoms with Gasteiger partial charge in [0.1, 0.15) is 0 Å². The van der Waals surface area contributed by atoms with Crippen molar-refractivity contribution >= 4 is 15.5 Å². The summed E-state index contributed by atoms with van der Waals surface area (Å²) in [5.41, 5.74) is 0.924. The summed E-state index contributed by atoms with van der Waals surface area (Å²) in [5, 5.41) is 3.25. The molecule has 0 atom stereocenters. The molecule has 1 rings (SSSR count). The van der Waals surface area contributed by atoms with Gasteiger partial charge in [0.25, 0.3) is 0 Å². The van der Waals surface area contributed by atoms with Crippen molar-refractivity contribution in [2.45, 2.75) is 4.90 Å². The number of methoxy groups -OCH3 is 1. The minimum atomic E-state index is -3.11. The van der Waals surface area contributed by atoms with Gasteiger partial charge in [0.15, 0.2) is 9.84 Å². The maximum absolute atomic E-state index is 11.3. The van der Waals surface area contributed by atoms with E-state index in [-0.39, 0.29) is 0 Å². The van der Waals surface area contributed by atoms with Gasteiger partial charge in [-0.2, -0.15) is 0 Å². The predicted octanol–water partition coefficient (Wildman–Crippen LogP) is 1.08. The van der Waals surface area contributed by atoms with Crippen LogP contribution in [0, 0.1) is 0 Å². The van der Waals surface area contributed by atoms with Crippen LogP contribution >= 0.6 is 0 Å². The molecule has 1 aromatic carbocycles. The first kappa shape index (κ1) is 15.9. The summed E-state index contributed by atoms with van der Waals surface area (Å²) in [4.78, 5) is 2.51. The summed E-state index contributed by atoms with van der Waals surface area (Å²) in [7, 11) is 0.611. The SMILES string of the molecule is COCCN(C)CCNc1ccc(S(C)(=O)=O)cc1. The molecule has 0 spiro atoms. The summed E-state index contributed by atoms with van der Waals surface area (Å²) >= 11 is 0. The maximum atomic E-state index is 11.3. The Bertz CT molecular complexity index is 471. The van der Waals surface area contributed by atoms with E-state index in [1.165, 1.54) is 6.26 Å². The molecule has 1 N–H and O–H groups in total. The van der Waals surface area contributed by atoms with Crippen molar-refractivity contribution in [3.63, 3.8) is 0 Å². The molecule has 0 fully saturated rings. The van der Waals surface area contributed by atoms with Crippen LogP contribution < -0.4 is 5.32 Å². The molecule has 1 aromatic rings. The normalized spacial score (nSPS) is 11.8. The lowest BCUT2D eigenvalue weighted by atomic mass is 10.3. The number of nitrogens with one attached hydrogen (secondary N) is 1. The van der Waals surface area contributed by atoms with E-state index in [1.807, 2.05) is 7.05 Å². The van der Waals surface area contributed by atoms with Crippen LogP contribution in [0.5, 0.6) is 0 Å². The maximum Gasteiger partial charge on any atom is 0.175 e. The number of benzene rings is 1. The van der Waals surface area contributed by atoms with Crippen molar-refractivity contribution in [1.82, 2.24) is 4.90 Å². The van der Waals surface area contributed by atoms with Gasteiger partial charge in [-0.25, -0.2) is 8.42 Å². The highest BCUT2D eigenvalue weighted by Crippen LogP contribution is 2.13. The second-order valence-corrected chi connectivity index (χ2v) is 6.54. The van der Waals surface area contributed by atoms with Crippen molar-refractivity contribution in [1.29, 1.82) is 0 Å². The third-order valence-corrected chi connectivity index (χ3v) is 3.91. The molecule has 5 nitrogen and oxygen atoms in total. The Morgan fingerprint density at radius 3 is 2.37 bits per heavy atom. The molecule has 0 unspecified atom stereocenters. The van der Waals surface area contributed by atoms with Gasteiger partial charge in [0.2, 0.25) is 0 Å². The Kier molecular flexibility index (Phi) is 6.27.